The maximum atomic E-state index is 13.4. The number of H-pyrrole nitrogens is 1. The van der Waals surface area contributed by atoms with Crippen molar-refractivity contribution in [2.45, 2.75) is 31.6 Å². The van der Waals surface area contributed by atoms with Crippen molar-refractivity contribution in [3.8, 4) is 11.4 Å². The smallest absolute Gasteiger partial charge is 0.164 e. The average molecular weight is 300 g/mol. The summed E-state index contributed by atoms with van der Waals surface area (Å²) in [5, 5.41) is 6.80. The molecule has 2 aromatic heterocycles. The van der Waals surface area contributed by atoms with E-state index in [0.717, 1.165) is 24.6 Å². The third-order valence-corrected chi connectivity index (χ3v) is 3.80. The van der Waals surface area contributed by atoms with Crippen LogP contribution >= 0.6 is 0 Å². The molecule has 2 heterocycles. The molecule has 0 amide bonds. The Balaban J connectivity index is 2.12. The van der Waals surface area contributed by atoms with Gasteiger partial charge in [-0.2, -0.15) is 5.10 Å². The summed E-state index contributed by atoms with van der Waals surface area (Å²) in [7, 11) is 0. The molecule has 0 unspecified atom stereocenters. The minimum absolute atomic E-state index is 0.304. The van der Waals surface area contributed by atoms with E-state index in [1.807, 2.05) is 0 Å². The third kappa shape index (κ3) is 3.19. The highest BCUT2D eigenvalue weighted by Crippen LogP contribution is 2.35. The van der Waals surface area contributed by atoms with E-state index in [0.29, 0.717) is 23.1 Å². The van der Waals surface area contributed by atoms with Gasteiger partial charge in [-0.05, 0) is 24.8 Å². The molecule has 114 valence electrons. The van der Waals surface area contributed by atoms with Crippen molar-refractivity contribution in [2.24, 2.45) is 0 Å². The Kier molecular flexibility index (Phi) is 4.22. The Morgan fingerprint density at radius 3 is 2.77 bits per heavy atom. The third-order valence-electron chi connectivity index (χ3n) is 3.80. The Bertz CT molecular complexity index is 707. The fraction of sp³-hybridized carbons (Fsp3) is 0.333. The second-order valence-corrected chi connectivity index (χ2v) is 5.29. The van der Waals surface area contributed by atoms with E-state index < -0.39 is 5.82 Å². The molecular formula is C15H17FN6. The van der Waals surface area contributed by atoms with Gasteiger partial charge in [0.25, 0.3) is 0 Å². The van der Waals surface area contributed by atoms with Crippen molar-refractivity contribution in [2.75, 3.05) is 5.73 Å². The number of nitrogens with zero attached hydrogens (tertiary/aromatic N) is 4. The predicted molar refractivity (Wildman–Crippen MR) is 80.6 cm³/mol. The molecule has 7 heteroatoms. The number of aromatic amines is 1. The van der Waals surface area contributed by atoms with Crippen molar-refractivity contribution >= 4 is 5.82 Å². The van der Waals surface area contributed by atoms with E-state index in [2.05, 4.69) is 25.1 Å². The van der Waals surface area contributed by atoms with E-state index in [1.165, 1.54) is 31.4 Å². The standard InChI is InChI=1S/C15H17FN6/c16-12-5-11(6-18-7-12)15-19-9-21-20-8-13(14(17)22-15)10-3-1-2-4-10/h5-10H,1-4,17H2,(H,19,21,22). The summed E-state index contributed by atoms with van der Waals surface area (Å²) in [5.41, 5.74) is 7.52. The highest BCUT2D eigenvalue weighted by molar-refractivity contribution is 5.55. The zero-order chi connectivity index (χ0) is 15.4. The van der Waals surface area contributed by atoms with Crippen LogP contribution in [0.4, 0.5) is 10.2 Å². The lowest BCUT2D eigenvalue weighted by molar-refractivity contribution is 0.622. The topological polar surface area (TPSA) is 93.4 Å². The van der Waals surface area contributed by atoms with Crippen LogP contribution in [0.15, 0.2) is 31.0 Å². The maximum absolute atomic E-state index is 13.4. The molecule has 0 spiro atoms. The molecule has 0 atom stereocenters. The largest absolute Gasteiger partial charge is 0.383 e. The fourth-order valence-electron chi connectivity index (χ4n) is 2.73. The number of rotatable bonds is 2. The summed E-state index contributed by atoms with van der Waals surface area (Å²) in [5.74, 6) is 0.589. The van der Waals surface area contributed by atoms with Gasteiger partial charge in [0.05, 0.1) is 12.4 Å². The molecule has 1 aliphatic rings. The number of nitrogen functional groups attached to an aromatic ring is 1. The van der Waals surface area contributed by atoms with Crippen LogP contribution in [0, 0.1) is 5.82 Å². The number of hydrogen-bond donors (Lipinski definition) is 2. The van der Waals surface area contributed by atoms with Gasteiger partial charge in [-0.25, -0.2) is 14.4 Å². The lowest BCUT2D eigenvalue weighted by atomic mass is 10.0. The molecule has 0 aliphatic heterocycles. The van der Waals surface area contributed by atoms with Gasteiger partial charge in [0.1, 0.15) is 18.0 Å². The van der Waals surface area contributed by atoms with Crippen LogP contribution in [0.3, 0.4) is 0 Å². The molecule has 0 radical (unpaired) electrons. The van der Waals surface area contributed by atoms with Gasteiger partial charge >= 0.3 is 0 Å². The Morgan fingerprint density at radius 2 is 2.00 bits per heavy atom. The quantitative estimate of drug-likeness (QED) is 0.889. The number of pyridine rings is 1. The summed E-state index contributed by atoms with van der Waals surface area (Å²) in [6.07, 6.45) is 10.3. The van der Waals surface area contributed by atoms with Gasteiger partial charge in [0.15, 0.2) is 5.82 Å². The average Bonchev–Trinajstić information content (AvgIpc) is 3.04. The van der Waals surface area contributed by atoms with Crippen LogP contribution in [-0.4, -0.2) is 25.1 Å². The van der Waals surface area contributed by atoms with E-state index in [9.17, 15) is 4.39 Å². The summed E-state index contributed by atoms with van der Waals surface area (Å²) < 4.78 is 13.4. The summed E-state index contributed by atoms with van der Waals surface area (Å²) in [6.45, 7) is 0. The van der Waals surface area contributed by atoms with Crippen LogP contribution in [0.2, 0.25) is 0 Å². The first-order valence-corrected chi connectivity index (χ1v) is 7.24. The number of nitrogens with one attached hydrogen (secondary N) is 1. The van der Waals surface area contributed by atoms with Crippen LogP contribution < -0.4 is 5.73 Å². The second kappa shape index (κ2) is 6.46. The molecule has 3 N–H and O–H groups in total. The van der Waals surface area contributed by atoms with Crippen molar-refractivity contribution < 1.29 is 4.39 Å². The second-order valence-electron chi connectivity index (χ2n) is 5.29. The minimum Gasteiger partial charge on any atom is -0.383 e. The Labute approximate surface area is 127 Å². The van der Waals surface area contributed by atoms with Crippen LogP contribution in [0.25, 0.3) is 11.4 Å². The maximum Gasteiger partial charge on any atom is 0.164 e. The van der Waals surface area contributed by atoms with Crippen molar-refractivity contribution in [1.82, 2.24) is 25.1 Å². The highest BCUT2D eigenvalue weighted by Gasteiger charge is 2.19. The molecular weight excluding hydrogens is 283 g/mol. The van der Waals surface area contributed by atoms with Crippen molar-refractivity contribution in [3.05, 3.63) is 42.4 Å². The first-order valence-electron chi connectivity index (χ1n) is 7.24. The van der Waals surface area contributed by atoms with Gasteiger partial charge in [0, 0.05) is 17.3 Å². The lowest BCUT2D eigenvalue weighted by Crippen LogP contribution is -2.01. The van der Waals surface area contributed by atoms with Crippen LogP contribution in [0.5, 0.6) is 0 Å². The predicted octanol–water partition coefficient (Wildman–Crippen LogP) is 2.77. The number of nitrogens with two attached hydrogens (primary N) is 1. The molecule has 1 aliphatic carbocycles. The molecule has 22 heavy (non-hydrogen) atoms. The zero-order valence-electron chi connectivity index (χ0n) is 12.0. The number of aromatic nitrogens is 5. The van der Waals surface area contributed by atoms with Gasteiger partial charge in [-0.1, -0.05) is 12.8 Å². The van der Waals surface area contributed by atoms with Crippen LogP contribution in [-0.2, 0) is 0 Å². The summed E-state index contributed by atoms with van der Waals surface area (Å²) >= 11 is 0. The molecule has 0 aromatic carbocycles. The minimum atomic E-state index is -0.446. The fourth-order valence-corrected chi connectivity index (χ4v) is 2.73. The molecule has 1 fully saturated rings. The molecule has 6 nitrogen and oxygen atoms in total. The Morgan fingerprint density at radius 1 is 1.18 bits per heavy atom. The first kappa shape index (κ1) is 14.4. The van der Waals surface area contributed by atoms with Crippen LogP contribution in [0.1, 0.15) is 37.2 Å². The molecule has 0 saturated heterocycles. The summed E-state index contributed by atoms with van der Waals surface area (Å²) in [4.78, 5) is 12.3. The molecule has 2 aromatic rings. The monoisotopic (exact) mass is 300 g/mol. The van der Waals surface area contributed by atoms with Gasteiger partial charge < -0.3 is 5.73 Å². The highest BCUT2D eigenvalue weighted by atomic mass is 19.1. The van der Waals surface area contributed by atoms with Crippen molar-refractivity contribution in [3.63, 3.8) is 0 Å². The Hall–Kier alpha value is -2.57. The normalized spacial score (nSPS) is 14.8. The summed E-state index contributed by atoms with van der Waals surface area (Å²) in [6, 6.07) is 1.32. The van der Waals surface area contributed by atoms with E-state index in [1.54, 1.807) is 6.20 Å². The molecule has 1 saturated carbocycles. The zero-order valence-corrected chi connectivity index (χ0v) is 12.0. The van der Waals surface area contributed by atoms with E-state index in [-0.39, 0.29) is 0 Å². The molecule has 0 bridgehead atoms. The number of anilines is 1. The first-order chi connectivity index (χ1) is 10.7. The number of halogens is 1. The molecule has 3 rings (SSSR count). The SMILES string of the molecule is Nc1nc(-c2cncc(F)c2)nc[nH]ncc1C1CCCC1. The van der Waals surface area contributed by atoms with Gasteiger partial charge in [0.2, 0.25) is 0 Å². The lowest BCUT2D eigenvalue weighted by Gasteiger charge is -2.08. The van der Waals surface area contributed by atoms with Gasteiger partial charge in [-0.3, -0.25) is 10.1 Å². The van der Waals surface area contributed by atoms with E-state index in [4.69, 9.17) is 5.73 Å². The number of hydrogen-bond acceptors (Lipinski definition) is 5. The van der Waals surface area contributed by atoms with E-state index >= 15 is 0 Å². The van der Waals surface area contributed by atoms with Gasteiger partial charge in [-0.15, -0.1) is 0 Å². The van der Waals surface area contributed by atoms with Crippen molar-refractivity contribution in [1.29, 1.82) is 0 Å².